The van der Waals surface area contributed by atoms with Gasteiger partial charge in [0.15, 0.2) is 0 Å². The summed E-state index contributed by atoms with van der Waals surface area (Å²) in [4.78, 5) is 4.82. The lowest BCUT2D eigenvalue weighted by Crippen LogP contribution is -2.38. The van der Waals surface area contributed by atoms with Gasteiger partial charge in [0.05, 0.1) is 13.8 Å². The second-order valence-electron chi connectivity index (χ2n) is 9.11. The first-order valence-corrected chi connectivity index (χ1v) is 14.1. The zero-order chi connectivity index (χ0) is 21.3. The largest absolute Gasteiger partial charge is 0.256 e. The molecule has 0 spiro atoms. The van der Waals surface area contributed by atoms with Gasteiger partial charge in [0, 0.05) is 17.3 Å². The van der Waals surface area contributed by atoms with E-state index in [2.05, 4.69) is 106 Å². The van der Waals surface area contributed by atoms with Gasteiger partial charge in [-0.05, 0) is 53.8 Å². The predicted octanol–water partition coefficient (Wildman–Crippen LogP) is 7.24. The number of nitrogens with zero attached hydrogens (tertiary/aromatic N) is 1. The van der Waals surface area contributed by atoms with Crippen LogP contribution in [0.25, 0.3) is 33.5 Å². The van der Waals surface area contributed by atoms with E-state index < -0.39 is 8.07 Å². The molecule has 4 aromatic rings. The second-order valence-corrected chi connectivity index (χ2v) is 14.2. The number of rotatable bonds is 4. The Hall–Kier alpha value is -2.97. The number of aryl methyl sites for hydroxylation is 2. The van der Waals surface area contributed by atoms with Gasteiger partial charge in [-0.1, -0.05) is 91.6 Å². The fourth-order valence-electron chi connectivity index (χ4n) is 4.05. The number of hydrogen-bond acceptors (Lipinski definition) is 1. The Morgan fingerprint density at radius 2 is 1.23 bits per heavy atom. The smallest absolute Gasteiger partial charge is 0.0776 e. The molecule has 0 saturated carbocycles. The summed E-state index contributed by atoms with van der Waals surface area (Å²) < 4.78 is 0. The molecule has 0 fully saturated rings. The first kappa shape index (κ1) is 20.3. The monoisotopic (exact) mass is 407 g/mol. The lowest BCUT2D eigenvalue weighted by atomic mass is 9.96. The van der Waals surface area contributed by atoms with Gasteiger partial charge in [-0.15, -0.1) is 0 Å². The molecule has 0 unspecified atom stereocenters. The molecular weight excluding hydrogens is 378 g/mol. The minimum absolute atomic E-state index is 1.01. The summed E-state index contributed by atoms with van der Waals surface area (Å²) in [5.74, 6) is 0. The first-order chi connectivity index (χ1) is 14.3. The number of hydrogen-bond donors (Lipinski definition) is 0. The zero-order valence-electron chi connectivity index (χ0n) is 18.5. The van der Waals surface area contributed by atoms with E-state index in [0.717, 1.165) is 11.3 Å². The van der Waals surface area contributed by atoms with Crippen LogP contribution in [0.15, 0.2) is 85.1 Å². The van der Waals surface area contributed by atoms with Crippen LogP contribution in [0.3, 0.4) is 0 Å². The van der Waals surface area contributed by atoms with E-state index in [9.17, 15) is 0 Å². The lowest BCUT2D eigenvalue weighted by Gasteiger charge is -2.21. The number of benzene rings is 3. The summed E-state index contributed by atoms with van der Waals surface area (Å²) in [7, 11) is -1.32. The standard InChI is InChI=1S/C28H29NSi/c1-20-16-26(30(3,4)5)17-21(2)28(20)25-14-15-27(29-19-25)24-13-9-12-23(18-24)22-10-7-6-8-11-22/h6-19H,1-5H3. The first-order valence-electron chi connectivity index (χ1n) is 10.6. The third-order valence-electron chi connectivity index (χ3n) is 5.72. The van der Waals surface area contributed by atoms with Gasteiger partial charge < -0.3 is 0 Å². The van der Waals surface area contributed by atoms with Crippen LogP contribution in [0.4, 0.5) is 0 Å². The maximum atomic E-state index is 4.82. The van der Waals surface area contributed by atoms with E-state index in [-0.39, 0.29) is 0 Å². The van der Waals surface area contributed by atoms with Crippen molar-refractivity contribution in [3.8, 4) is 33.5 Å². The summed E-state index contributed by atoms with van der Waals surface area (Å²) in [5, 5.41) is 1.52. The van der Waals surface area contributed by atoms with Gasteiger partial charge in [-0.3, -0.25) is 4.98 Å². The molecule has 0 aliphatic rings. The molecule has 0 saturated heterocycles. The summed E-state index contributed by atoms with van der Waals surface area (Å²) in [5.41, 5.74) is 9.78. The molecule has 1 nitrogen and oxygen atoms in total. The van der Waals surface area contributed by atoms with E-state index in [1.54, 1.807) is 0 Å². The quantitative estimate of drug-likeness (QED) is 0.325. The van der Waals surface area contributed by atoms with Gasteiger partial charge in [-0.2, -0.15) is 0 Å². The van der Waals surface area contributed by atoms with Crippen molar-refractivity contribution in [2.45, 2.75) is 33.5 Å². The number of pyridine rings is 1. The van der Waals surface area contributed by atoms with E-state index in [4.69, 9.17) is 4.98 Å². The molecular formula is C28H29NSi. The third-order valence-corrected chi connectivity index (χ3v) is 7.74. The van der Waals surface area contributed by atoms with Crippen molar-refractivity contribution in [1.82, 2.24) is 4.98 Å². The van der Waals surface area contributed by atoms with Gasteiger partial charge in [0.25, 0.3) is 0 Å². The Bertz CT molecular complexity index is 1150. The average Bonchev–Trinajstić information content (AvgIpc) is 2.74. The van der Waals surface area contributed by atoms with Crippen LogP contribution >= 0.6 is 0 Å². The molecule has 1 aromatic heterocycles. The van der Waals surface area contributed by atoms with Gasteiger partial charge in [0.2, 0.25) is 0 Å². The van der Waals surface area contributed by atoms with E-state index in [0.29, 0.717) is 0 Å². The summed E-state index contributed by atoms with van der Waals surface area (Å²) in [6.45, 7) is 11.7. The molecule has 30 heavy (non-hydrogen) atoms. The van der Waals surface area contributed by atoms with Crippen LogP contribution in [0, 0.1) is 13.8 Å². The highest BCUT2D eigenvalue weighted by Crippen LogP contribution is 2.30. The highest BCUT2D eigenvalue weighted by molar-refractivity contribution is 6.88. The zero-order valence-corrected chi connectivity index (χ0v) is 19.5. The highest BCUT2D eigenvalue weighted by atomic mass is 28.3. The molecule has 0 aliphatic heterocycles. The molecule has 0 bridgehead atoms. The van der Waals surface area contributed by atoms with Gasteiger partial charge in [-0.25, -0.2) is 0 Å². The van der Waals surface area contributed by atoms with Crippen LogP contribution in [0.2, 0.25) is 19.6 Å². The molecule has 0 amide bonds. The fourth-order valence-corrected chi connectivity index (χ4v) is 5.35. The average molecular weight is 408 g/mol. The van der Waals surface area contributed by atoms with Crippen molar-refractivity contribution in [3.63, 3.8) is 0 Å². The summed E-state index contributed by atoms with van der Waals surface area (Å²) >= 11 is 0. The van der Waals surface area contributed by atoms with E-state index >= 15 is 0 Å². The Labute approximate surface area is 181 Å². The highest BCUT2D eigenvalue weighted by Gasteiger charge is 2.19. The van der Waals surface area contributed by atoms with E-state index in [1.807, 2.05) is 12.3 Å². The van der Waals surface area contributed by atoms with Crippen LogP contribution in [0.5, 0.6) is 0 Å². The maximum Gasteiger partial charge on any atom is 0.0776 e. The van der Waals surface area contributed by atoms with Gasteiger partial charge in [0.1, 0.15) is 0 Å². The van der Waals surface area contributed by atoms with Crippen LogP contribution < -0.4 is 5.19 Å². The SMILES string of the molecule is Cc1cc([Si](C)(C)C)cc(C)c1-c1ccc(-c2cccc(-c3ccccc3)c2)nc1. The molecule has 150 valence electrons. The van der Waals surface area contributed by atoms with Crippen molar-refractivity contribution < 1.29 is 0 Å². The van der Waals surface area contributed by atoms with E-state index in [1.165, 1.54) is 38.6 Å². The Morgan fingerprint density at radius 1 is 0.600 bits per heavy atom. The van der Waals surface area contributed by atoms with Crippen LogP contribution in [-0.4, -0.2) is 13.1 Å². The summed E-state index contributed by atoms with van der Waals surface area (Å²) in [6.07, 6.45) is 2.02. The van der Waals surface area contributed by atoms with Crippen LogP contribution in [0.1, 0.15) is 11.1 Å². The molecule has 0 atom stereocenters. The molecule has 2 heteroatoms. The lowest BCUT2D eigenvalue weighted by molar-refractivity contribution is 1.30. The van der Waals surface area contributed by atoms with Gasteiger partial charge >= 0.3 is 0 Å². The molecule has 0 radical (unpaired) electrons. The Kier molecular flexibility index (Phi) is 5.44. The maximum absolute atomic E-state index is 4.82. The minimum Gasteiger partial charge on any atom is -0.256 e. The molecule has 1 heterocycles. The topological polar surface area (TPSA) is 12.9 Å². The molecule has 0 N–H and O–H groups in total. The Balaban J connectivity index is 1.68. The van der Waals surface area contributed by atoms with Crippen molar-refractivity contribution in [1.29, 1.82) is 0 Å². The fraction of sp³-hybridized carbons (Fsp3) is 0.179. The van der Waals surface area contributed by atoms with Crippen molar-refractivity contribution in [2.24, 2.45) is 0 Å². The third kappa shape index (κ3) is 4.15. The Morgan fingerprint density at radius 3 is 1.83 bits per heavy atom. The normalized spacial score (nSPS) is 11.5. The molecule has 3 aromatic carbocycles. The molecule has 4 rings (SSSR count). The molecule has 0 aliphatic carbocycles. The predicted molar refractivity (Wildman–Crippen MR) is 133 cm³/mol. The minimum atomic E-state index is -1.32. The van der Waals surface area contributed by atoms with Crippen molar-refractivity contribution >= 4 is 13.3 Å². The second kappa shape index (κ2) is 8.04. The van der Waals surface area contributed by atoms with Crippen molar-refractivity contribution in [2.75, 3.05) is 0 Å². The number of aromatic nitrogens is 1. The summed E-state index contributed by atoms with van der Waals surface area (Å²) in [6, 6.07) is 28.2. The van der Waals surface area contributed by atoms with Crippen LogP contribution in [-0.2, 0) is 0 Å². The van der Waals surface area contributed by atoms with Crippen molar-refractivity contribution in [3.05, 3.63) is 96.2 Å².